The molecule has 0 aromatic heterocycles. The summed E-state index contributed by atoms with van der Waals surface area (Å²) >= 11 is -2.36. The summed E-state index contributed by atoms with van der Waals surface area (Å²) in [6.07, 6.45) is 0. The predicted octanol–water partition coefficient (Wildman–Crippen LogP) is 4.27. The molecule has 1 atom stereocenters. The van der Waals surface area contributed by atoms with Crippen molar-refractivity contribution in [2.75, 3.05) is 4.72 Å². The van der Waals surface area contributed by atoms with Gasteiger partial charge in [0.05, 0.1) is 11.3 Å². The zero-order chi connectivity index (χ0) is 17.8. The molecule has 1 unspecified atom stereocenters. The molecule has 0 saturated carbocycles. The van der Waals surface area contributed by atoms with Crippen LogP contribution in [-0.2, 0) is 11.3 Å². The van der Waals surface area contributed by atoms with Crippen LogP contribution in [0.25, 0.3) is 22.3 Å². The van der Waals surface area contributed by atoms with E-state index in [9.17, 15) is 14.1 Å². The van der Waals surface area contributed by atoms with Crippen LogP contribution >= 0.6 is 0 Å². The van der Waals surface area contributed by atoms with E-state index in [0.717, 1.165) is 22.3 Å². The van der Waals surface area contributed by atoms with Crippen molar-refractivity contribution >= 4 is 22.9 Å². The summed E-state index contributed by atoms with van der Waals surface area (Å²) in [7, 11) is 0. The lowest BCUT2D eigenvalue weighted by Gasteiger charge is -2.13. The fourth-order valence-electron chi connectivity index (χ4n) is 2.68. The van der Waals surface area contributed by atoms with Crippen LogP contribution < -0.4 is 4.72 Å². The first-order valence-corrected chi connectivity index (χ1v) is 8.56. The summed E-state index contributed by atoms with van der Waals surface area (Å²) < 4.78 is 22.4. The molecule has 0 heterocycles. The molecule has 3 aromatic carbocycles. The van der Waals surface area contributed by atoms with E-state index in [1.165, 1.54) is 6.07 Å². The van der Waals surface area contributed by atoms with Crippen LogP contribution in [0.5, 0.6) is 0 Å². The highest BCUT2D eigenvalue weighted by Crippen LogP contribution is 2.34. The van der Waals surface area contributed by atoms with Crippen LogP contribution in [0.15, 0.2) is 72.8 Å². The Morgan fingerprint density at radius 2 is 1.44 bits per heavy atom. The first-order chi connectivity index (χ1) is 12.1. The number of anilines is 1. The van der Waals surface area contributed by atoms with E-state index in [4.69, 9.17) is 4.55 Å². The average Bonchev–Trinajstić information content (AvgIpc) is 2.61. The van der Waals surface area contributed by atoms with Crippen LogP contribution in [0.1, 0.15) is 10.4 Å². The number of nitrogens with one attached hydrogen (secondary N) is 1. The van der Waals surface area contributed by atoms with Crippen LogP contribution in [0.3, 0.4) is 0 Å². The third-order valence-electron chi connectivity index (χ3n) is 3.77. The zero-order valence-corrected chi connectivity index (χ0v) is 13.9. The van der Waals surface area contributed by atoms with Crippen molar-refractivity contribution < 1.29 is 18.7 Å². The minimum absolute atomic E-state index is 0.0663. The highest BCUT2D eigenvalue weighted by molar-refractivity contribution is 7.80. The van der Waals surface area contributed by atoms with Gasteiger partial charge in [0.1, 0.15) is 0 Å². The van der Waals surface area contributed by atoms with E-state index in [0.29, 0.717) is 0 Å². The van der Waals surface area contributed by atoms with Gasteiger partial charge in [-0.25, -0.2) is 9.00 Å². The molecule has 0 saturated heterocycles. The Kier molecular flexibility index (Phi) is 4.92. The van der Waals surface area contributed by atoms with Gasteiger partial charge in [0.15, 0.2) is 0 Å². The lowest BCUT2D eigenvalue weighted by atomic mass is 9.93. The Bertz CT molecular complexity index is 941. The fraction of sp³-hybridized carbons (Fsp3) is 0. The van der Waals surface area contributed by atoms with E-state index in [1.807, 2.05) is 54.6 Å². The molecule has 0 aliphatic carbocycles. The topological polar surface area (TPSA) is 86.6 Å². The minimum Gasteiger partial charge on any atom is -0.478 e. The van der Waals surface area contributed by atoms with Crippen LogP contribution in [0.2, 0.25) is 0 Å². The van der Waals surface area contributed by atoms with E-state index < -0.39 is 17.2 Å². The maximum atomic E-state index is 11.3. The highest BCUT2D eigenvalue weighted by atomic mass is 32.2. The number of hydrogen-bond acceptors (Lipinski definition) is 2. The zero-order valence-electron chi connectivity index (χ0n) is 13.0. The lowest BCUT2D eigenvalue weighted by Crippen LogP contribution is -2.08. The smallest absolute Gasteiger partial charge is 0.337 e. The molecule has 0 amide bonds. The SMILES string of the molecule is O=C(O)c1ccc(-c2ccccc2-c2ccccc2)cc1NS(=O)O. The number of carboxylic acids is 1. The monoisotopic (exact) mass is 353 g/mol. The number of carbonyl (C=O) groups is 1. The second-order valence-electron chi connectivity index (χ2n) is 5.33. The third-order valence-corrected chi connectivity index (χ3v) is 4.16. The number of hydrogen-bond donors (Lipinski definition) is 3. The van der Waals surface area contributed by atoms with Gasteiger partial charge in [-0.3, -0.25) is 9.27 Å². The Hall–Kier alpha value is -2.96. The van der Waals surface area contributed by atoms with Gasteiger partial charge in [-0.1, -0.05) is 60.7 Å². The maximum Gasteiger partial charge on any atom is 0.337 e. The third kappa shape index (κ3) is 3.76. The molecule has 0 spiro atoms. The maximum absolute atomic E-state index is 11.3. The standard InChI is InChI=1S/C19H15NO4S/c21-19(22)17-11-10-14(12-18(17)20-25(23)24)16-9-5-4-8-15(16)13-6-2-1-3-7-13/h1-12,20H,(H,21,22)(H,23,24). The average molecular weight is 353 g/mol. The molecule has 0 aliphatic heterocycles. The van der Waals surface area contributed by atoms with Crippen molar-refractivity contribution in [3.8, 4) is 22.3 Å². The van der Waals surface area contributed by atoms with Gasteiger partial charge in [-0.05, 0) is 34.4 Å². The molecule has 0 aliphatic rings. The number of aromatic carboxylic acids is 1. The van der Waals surface area contributed by atoms with E-state index in [1.54, 1.807) is 12.1 Å². The summed E-state index contributed by atoms with van der Waals surface area (Å²) in [4.78, 5) is 11.3. The number of rotatable bonds is 5. The van der Waals surface area contributed by atoms with Crippen molar-refractivity contribution in [2.24, 2.45) is 0 Å². The Balaban J connectivity index is 2.15. The van der Waals surface area contributed by atoms with Crippen molar-refractivity contribution in [3.05, 3.63) is 78.4 Å². The number of carboxylic acid groups (broad SMARTS) is 1. The van der Waals surface area contributed by atoms with Crippen LogP contribution in [-0.4, -0.2) is 19.8 Å². The highest BCUT2D eigenvalue weighted by Gasteiger charge is 2.14. The summed E-state index contributed by atoms with van der Waals surface area (Å²) in [5.41, 5.74) is 3.69. The van der Waals surface area contributed by atoms with Gasteiger partial charge < -0.3 is 5.11 Å². The van der Waals surface area contributed by atoms with E-state index >= 15 is 0 Å². The number of benzene rings is 3. The van der Waals surface area contributed by atoms with Gasteiger partial charge in [0, 0.05) is 0 Å². The second-order valence-corrected chi connectivity index (χ2v) is 6.03. The first-order valence-electron chi connectivity index (χ1n) is 7.46. The van der Waals surface area contributed by atoms with E-state index in [-0.39, 0.29) is 11.3 Å². The Morgan fingerprint density at radius 1 is 0.840 bits per heavy atom. The quantitative estimate of drug-likeness (QED) is 0.598. The van der Waals surface area contributed by atoms with Crippen LogP contribution in [0, 0.1) is 0 Å². The lowest BCUT2D eigenvalue weighted by molar-refractivity contribution is 0.0698. The summed E-state index contributed by atoms with van der Waals surface area (Å²) in [5.74, 6) is -1.17. The normalized spacial score (nSPS) is 11.7. The molecule has 25 heavy (non-hydrogen) atoms. The fourth-order valence-corrected chi connectivity index (χ4v) is 3.04. The first kappa shape index (κ1) is 16.9. The van der Waals surface area contributed by atoms with Crippen molar-refractivity contribution in [1.29, 1.82) is 0 Å². The molecule has 3 N–H and O–H groups in total. The van der Waals surface area contributed by atoms with E-state index in [2.05, 4.69) is 4.72 Å². The largest absolute Gasteiger partial charge is 0.478 e. The molecule has 126 valence electrons. The molecule has 3 aromatic rings. The summed E-state index contributed by atoms with van der Waals surface area (Å²) in [6, 6.07) is 22.2. The Morgan fingerprint density at radius 3 is 2.04 bits per heavy atom. The van der Waals surface area contributed by atoms with Gasteiger partial charge in [0.25, 0.3) is 11.3 Å². The molecule has 0 bridgehead atoms. The minimum atomic E-state index is -2.36. The van der Waals surface area contributed by atoms with Crippen molar-refractivity contribution in [3.63, 3.8) is 0 Å². The molecular weight excluding hydrogens is 338 g/mol. The molecule has 5 nitrogen and oxygen atoms in total. The van der Waals surface area contributed by atoms with Gasteiger partial charge in [-0.15, -0.1) is 0 Å². The van der Waals surface area contributed by atoms with Crippen LogP contribution in [0.4, 0.5) is 5.69 Å². The van der Waals surface area contributed by atoms with Crippen molar-refractivity contribution in [1.82, 2.24) is 0 Å². The van der Waals surface area contributed by atoms with Gasteiger partial charge in [0.2, 0.25) is 0 Å². The molecular formula is C19H15NO4S. The van der Waals surface area contributed by atoms with Gasteiger partial charge in [-0.2, -0.15) is 0 Å². The second kappa shape index (κ2) is 7.29. The molecule has 3 rings (SSSR count). The summed E-state index contributed by atoms with van der Waals surface area (Å²) in [5, 5.41) is 9.25. The van der Waals surface area contributed by atoms with Gasteiger partial charge >= 0.3 is 5.97 Å². The molecule has 0 radical (unpaired) electrons. The predicted molar refractivity (Wildman–Crippen MR) is 98.7 cm³/mol. The molecule has 0 fully saturated rings. The summed E-state index contributed by atoms with van der Waals surface area (Å²) in [6.45, 7) is 0. The van der Waals surface area contributed by atoms with Crippen molar-refractivity contribution in [2.45, 2.75) is 0 Å². The Labute approximate surface area is 147 Å². The molecule has 6 heteroatoms.